The molecule has 0 radical (unpaired) electrons. The molecule has 2 rings (SSSR count). The molecule has 0 aliphatic carbocycles. The summed E-state index contributed by atoms with van der Waals surface area (Å²) in [6.45, 7) is 6.06. The molecule has 2 atom stereocenters. The van der Waals surface area contributed by atoms with E-state index in [1.165, 1.54) is 0 Å². The zero-order valence-electron chi connectivity index (χ0n) is 12.4. The molecule has 1 aliphatic rings. The molecule has 2 unspecified atom stereocenters. The Labute approximate surface area is 120 Å². The van der Waals surface area contributed by atoms with E-state index in [-0.39, 0.29) is 17.7 Å². The van der Waals surface area contributed by atoms with Crippen LogP contribution in [-0.2, 0) is 16.0 Å². The first kappa shape index (κ1) is 15.0. The van der Waals surface area contributed by atoms with Gasteiger partial charge in [-0.1, -0.05) is 24.6 Å². The molecule has 4 heteroatoms. The normalized spacial score (nSPS) is 21.9. The van der Waals surface area contributed by atoms with Crippen molar-refractivity contribution in [2.24, 2.45) is 5.92 Å². The molecule has 1 N–H and O–H groups in total. The number of hydrogen-bond donors (Lipinski definition) is 1. The molecule has 110 valence electrons. The summed E-state index contributed by atoms with van der Waals surface area (Å²) >= 11 is 0. The van der Waals surface area contributed by atoms with E-state index in [4.69, 9.17) is 9.47 Å². The van der Waals surface area contributed by atoms with E-state index < -0.39 is 0 Å². The minimum absolute atomic E-state index is 0.0554. The number of ether oxygens (including phenoxy) is 2. The van der Waals surface area contributed by atoms with Crippen LogP contribution in [0.4, 0.5) is 0 Å². The van der Waals surface area contributed by atoms with Gasteiger partial charge in [-0.2, -0.15) is 0 Å². The van der Waals surface area contributed by atoms with Gasteiger partial charge in [0, 0.05) is 18.0 Å². The molecule has 1 fully saturated rings. The quantitative estimate of drug-likeness (QED) is 0.860. The van der Waals surface area contributed by atoms with Crippen molar-refractivity contribution in [1.29, 1.82) is 0 Å². The number of Topliss-reactive ketones (excluding diaryl/α,β-unsaturated/α-hetero) is 1. The van der Waals surface area contributed by atoms with Gasteiger partial charge in [-0.3, -0.25) is 4.79 Å². The van der Waals surface area contributed by atoms with Crippen LogP contribution in [0.2, 0.25) is 0 Å². The highest BCUT2D eigenvalue weighted by molar-refractivity contribution is 5.85. The Bertz CT molecular complexity index is 473. The van der Waals surface area contributed by atoms with Crippen LogP contribution < -0.4 is 10.1 Å². The van der Waals surface area contributed by atoms with Crippen molar-refractivity contribution in [3.63, 3.8) is 0 Å². The van der Waals surface area contributed by atoms with E-state index in [1.54, 1.807) is 7.11 Å². The topological polar surface area (TPSA) is 47.6 Å². The summed E-state index contributed by atoms with van der Waals surface area (Å²) in [5.41, 5.74) is 2.10. The highest BCUT2D eigenvalue weighted by Gasteiger charge is 2.33. The summed E-state index contributed by atoms with van der Waals surface area (Å²) in [4.78, 5) is 12.5. The summed E-state index contributed by atoms with van der Waals surface area (Å²) in [5.74, 6) is 0.945. The Morgan fingerprint density at radius 1 is 1.45 bits per heavy atom. The third kappa shape index (κ3) is 3.38. The van der Waals surface area contributed by atoms with Crippen molar-refractivity contribution in [2.75, 3.05) is 26.9 Å². The molecule has 1 heterocycles. The smallest absolute Gasteiger partial charge is 0.144 e. The van der Waals surface area contributed by atoms with Crippen LogP contribution in [-0.4, -0.2) is 38.7 Å². The number of rotatable bonds is 6. The highest BCUT2D eigenvalue weighted by Crippen LogP contribution is 2.23. The molecule has 20 heavy (non-hydrogen) atoms. The zero-order valence-corrected chi connectivity index (χ0v) is 12.4. The van der Waals surface area contributed by atoms with E-state index in [2.05, 4.69) is 5.32 Å². The number of likely N-dealkylation sites (N-methyl/N-ethyl adjacent to an activating group) is 1. The maximum atomic E-state index is 12.5. The second-order valence-corrected chi connectivity index (χ2v) is 5.27. The van der Waals surface area contributed by atoms with E-state index in [9.17, 15) is 4.79 Å². The van der Waals surface area contributed by atoms with Crippen LogP contribution in [0.1, 0.15) is 18.1 Å². The molecule has 1 saturated heterocycles. The Hall–Kier alpha value is -1.39. The van der Waals surface area contributed by atoms with Gasteiger partial charge >= 0.3 is 0 Å². The standard InChI is InChI=1S/C16H23NO3/c1-4-17-14-10-20-9-13(14)15(18)8-12-7-11(2)5-6-16(12)19-3/h5-7,13-14,17H,4,8-10H2,1-3H3. The van der Waals surface area contributed by atoms with E-state index >= 15 is 0 Å². The fourth-order valence-electron chi connectivity index (χ4n) is 2.70. The maximum absolute atomic E-state index is 12.5. The van der Waals surface area contributed by atoms with Crippen molar-refractivity contribution in [2.45, 2.75) is 26.3 Å². The summed E-state index contributed by atoms with van der Waals surface area (Å²) in [6.07, 6.45) is 0.404. The fourth-order valence-corrected chi connectivity index (χ4v) is 2.70. The van der Waals surface area contributed by atoms with Crippen molar-refractivity contribution in [3.05, 3.63) is 29.3 Å². The van der Waals surface area contributed by atoms with Crippen LogP contribution >= 0.6 is 0 Å². The number of hydrogen-bond acceptors (Lipinski definition) is 4. The Morgan fingerprint density at radius 2 is 2.25 bits per heavy atom. The third-order valence-corrected chi connectivity index (χ3v) is 3.76. The van der Waals surface area contributed by atoms with Crippen LogP contribution in [0.3, 0.4) is 0 Å². The van der Waals surface area contributed by atoms with Gasteiger partial charge < -0.3 is 14.8 Å². The minimum atomic E-state index is -0.0554. The van der Waals surface area contributed by atoms with Gasteiger partial charge in [0.05, 0.1) is 26.2 Å². The van der Waals surface area contributed by atoms with Gasteiger partial charge in [0.15, 0.2) is 0 Å². The molecule has 1 aliphatic heterocycles. The Kier molecular flexibility index (Phi) is 5.15. The number of methoxy groups -OCH3 is 1. The average molecular weight is 277 g/mol. The molecule has 0 amide bonds. The van der Waals surface area contributed by atoms with E-state index in [0.717, 1.165) is 23.4 Å². The number of carbonyl (C=O) groups is 1. The molecular formula is C16H23NO3. The fraction of sp³-hybridized carbons (Fsp3) is 0.562. The Balaban J connectivity index is 2.09. The molecular weight excluding hydrogens is 254 g/mol. The number of aryl methyl sites for hydroxylation is 1. The van der Waals surface area contributed by atoms with Crippen molar-refractivity contribution >= 4 is 5.78 Å². The second-order valence-electron chi connectivity index (χ2n) is 5.27. The van der Waals surface area contributed by atoms with Gasteiger partial charge in [0.1, 0.15) is 11.5 Å². The predicted molar refractivity (Wildman–Crippen MR) is 78.2 cm³/mol. The first-order chi connectivity index (χ1) is 9.65. The maximum Gasteiger partial charge on any atom is 0.144 e. The molecule has 0 bridgehead atoms. The van der Waals surface area contributed by atoms with Crippen LogP contribution in [0.15, 0.2) is 18.2 Å². The highest BCUT2D eigenvalue weighted by atomic mass is 16.5. The molecule has 0 aromatic heterocycles. The first-order valence-electron chi connectivity index (χ1n) is 7.13. The monoisotopic (exact) mass is 277 g/mol. The van der Waals surface area contributed by atoms with Crippen LogP contribution in [0.25, 0.3) is 0 Å². The summed E-state index contributed by atoms with van der Waals surface area (Å²) in [5, 5.41) is 3.32. The van der Waals surface area contributed by atoms with Gasteiger partial charge in [0.2, 0.25) is 0 Å². The average Bonchev–Trinajstić information content (AvgIpc) is 2.88. The van der Waals surface area contributed by atoms with Crippen LogP contribution in [0.5, 0.6) is 5.75 Å². The zero-order chi connectivity index (χ0) is 14.5. The lowest BCUT2D eigenvalue weighted by atomic mass is 9.93. The van der Waals surface area contributed by atoms with Gasteiger partial charge in [-0.25, -0.2) is 0 Å². The van der Waals surface area contributed by atoms with Crippen molar-refractivity contribution < 1.29 is 14.3 Å². The predicted octanol–water partition coefficient (Wildman–Crippen LogP) is 1.74. The number of carbonyl (C=O) groups excluding carboxylic acids is 1. The van der Waals surface area contributed by atoms with Gasteiger partial charge in [0.25, 0.3) is 0 Å². The second kappa shape index (κ2) is 6.86. The lowest BCUT2D eigenvalue weighted by Crippen LogP contribution is -2.39. The van der Waals surface area contributed by atoms with Crippen molar-refractivity contribution in [3.8, 4) is 5.75 Å². The molecule has 4 nitrogen and oxygen atoms in total. The number of benzene rings is 1. The van der Waals surface area contributed by atoms with Gasteiger partial charge in [-0.15, -0.1) is 0 Å². The van der Waals surface area contributed by atoms with Crippen molar-refractivity contribution in [1.82, 2.24) is 5.32 Å². The lowest BCUT2D eigenvalue weighted by Gasteiger charge is -2.18. The minimum Gasteiger partial charge on any atom is -0.496 e. The van der Waals surface area contributed by atoms with E-state index in [1.807, 2.05) is 32.0 Å². The molecule has 0 spiro atoms. The molecule has 1 aromatic carbocycles. The van der Waals surface area contributed by atoms with Gasteiger partial charge in [-0.05, 0) is 19.5 Å². The summed E-state index contributed by atoms with van der Waals surface area (Å²) in [7, 11) is 1.64. The summed E-state index contributed by atoms with van der Waals surface area (Å²) in [6, 6.07) is 6.08. The number of nitrogens with one attached hydrogen (secondary N) is 1. The summed E-state index contributed by atoms with van der Waals surface area (Å²) < 4.78 is 10.8. The largest absolute Gasteiger partial charge is 0.496 e. The van der Waals surface area contributed by atoms with E-state index in [0.29, 0.717) is 19.6 Å². The SMILES string of the molecule is CCNC1COCC1C(=O)Cc1cc(C)ccc1OC. The molecule has 0 saturated carbocycles. The molecule has 1 aromatic rings. The van der Waals surface area contributed by atoms with Crippen LogP contribution in [0, 0.1) is 12.8 Å². The third-order valence-electron chi connectivity index (χ3n) is 3.76. The lowest BCUT2D eigenvalue weighted by molar-refractivity contribution is -0.122. The first-order valence-corrected chi connectivity index (χ1v) is 7.13. The Morgan fingerprint density at radius 3 is 2.95 bits per heavy atom. The number of ketones is 1.